The zero-order valence-electron chi connectivity index (χ0n) is 10.2. The van der Waals surface area contributed by atoms with Gasteiger partial charge in [-0.3, -0.25) is 10.1 Å². The minimum Gasteiger partial charge on any atom is -0.376 e. The number of nitro groups is 1. The largest absolute Gasteiger partial charge is 0.376 e. The van der Waals surface area contributed by atoms with Crippen molar-refractivity contribution < 1.29 is 4.92 Å². The molecular formula is C13H15N3O2. The van der Waals surface area contributed by atoms with Crippen molar-refractivity contribution in [2.24, 2.45) is 5.92 Å². The molecule has 1 atom stereocenters. The molecule has 1 aliphatic rings. The summed E-state index contributed by atoms with van der Waals surface area (Å²) in [4.78, 5) is 10.6. The predicted molar refractivity (Wildman–Crippen MR) is 68.2 cm³/mol. The molecule has 1 N–H and O–H groups in total. The smallest absolute Gasteiger partial charge is 0.293 e. The van der Waals surface area contributed by atoms with E-state index in [1.54, 1.807) is 12.1 Å². The van der Waals surface area contributed by atoms with E-state index in [4.69, 9.17) is 5.26 Å². The Balaban J connectivity index is 2.26. The normalized spacial score (nSPS) is 15.8. The number of nitrogens with one attached hydrogen (secondary N) is 1. The predicted octanol–water partition coefficient (Wildman–Crippen LogP) is 3.07. The molecule has 1 aliphatic carbocycles. The molecule has 5 heteroatoms. The second-order valence-corrected chi connectivity index (χ2v) is 4.60. The highest BCUT2D eigenvalue weighted by molar-refractivity contribution is 5.64. The van der Waals surface area contributed by atoms with E-state index in [-0.39, 0.29) is 11.7 Å². The fourth-order valence-electron chi connectivity index (χ4n) is 2.13. The van der Waals surface area contributed by atoms with Crippen molar-refractivity contribution >= 4 is 11.4 Å². The van der Waals surface area contributed by atoms with Crippen LogP contribution in [0.5, 0.6) is 0 Å². The van der Waals surface area contributed by atoms with Crippen molar-refractivity contribution in [1.29, 1.82) is 5.26 Å². The van der Waals surface area contributed by atoms with E-state index < -0.39 is 4.92 Å². The van der Waals surface area contributed by atoms with E-state index in [1.807, 2.05) is 6.07 Å². The minimum atomic E-state index is -0.442. The Hall–Kier alpha value is -2.09. The maximum atomic E-state index is 11.0. The molecule has 0 saturated heterocycles. The highest BCUT2D eigenvalue weighted by Gasteiger charge is 2.31. The fraction of sp³-hybridized carbons (Fsp3) is 0.462. The van der Waals surface area contributed by atoms with Crippen molar-refractivity contribution in [1.82, 2.24) is 0 Å². The monoisotopic (exact) mass is 245 g/mol. The third-order valence-electron chi connectivity index (χ3n) is 3.30. The molecule has 18 heavy (non-hydrogen) atoms. The van der Waals surface area contributed by atoms with Gasteiger partial charge in [-0.15, -0.1) is 0 Å². The molecule has 0 spiro atoms. The number of hydrogen-bond donors (Lipinski definition) is 1. The first-order valence-corrected chi connectivity index (χ1v) is 6.10. The lowest BCUT2D eigenvalue weighted by atomic mass is 10.1. The van der Waals surface area contributed by atoms with Gasteiger partial charge in [0, 0.05) is 12.1 Å². The maximum Gasteiger partial charge on any atom is 0.293 e. The molecule has 2 rings (SSSR count). The van der Waals surface area contributed by atoms with Gasteiger partial charge in [0.25, 0.3) is 5.69 Å². The lowest BCUT2D eigenvalue weighted by Gasteiger charge is -2.17. The molecular weight excluding hydrogens is 230 g/mol. The van der Waals surface area contributed by atoms with E-state index in [0.717, 1.165) is 6.42 Å². The van der Waals surface area contributed by atoms with Crippen LogP contribution >= 0.6 is 0 Å². The minimum absolute atomic E-state index is 0.0202. The molecule has 0 radical (unpaired) electrons. The third kappa shape index (κ3) is 2.59. The van der Waals surface area contributed by atoms with Gasteiger partial charge in [0.05, 0.1) is 16.6 Å². The zero-order chi connectivity index (χ0) is 13.1. The molecule has 0 amide bonds. The van der Waals surface area contributed by atoms with E-state index >= 15 is 0 Å². The first-order chi connectivity index (χ1) is 8.65. The van der Waals surface area contributed by atoms with Crippen LogP contribution in [0.15, 0.2) is 18.2 Å². The van der Waals surface area contributed by atoms with Crippen LogP contribution in [0, 0.1) is 27.4 Å². The van der Waals surface area contributed by atoms with Crippen molar-refractivity contribution in [3.05, 3.63) is 33.9 Å². The van der Waals surface area contributed by atoms with Gasteiger partial charge in [-0.2, -0.15) is 5.26 Å². The Morgan fingerprint density at radius 3 is 2.83 bits per heavy atom. The number of rotatable bonds is 5. The summed E-state index contributed by atoms with van der Waals surface area (Å²) in [6.07, 6.45) is 3.33. The molecule has 1 unspecified atom stereocenters. The summed E-state index contributed by atoms with van der Waals surface area (Å²) in [5.74, 6) is 0.630. The van der Waals surface area contributed by atoms with Gasteiger partial charge >= 0.3 is 0 Å². The molecule has 0 aliphatic heterocycles. The Labute approximate surface area is 106 Å². The van der Waals surface area contributed by atoms with Gasteiger partial charge in [-0.1, -0.05) is 6.92 Å². The standard InChI is InChI=1S/C13H15N3O2/c1-2-11(10-4-5-10)15-12-6-3-9(8-14)7-13(12)16(17)18/h3,6-7,10-11,15H,2,4-5H2,1H3. The van der Waals surface area contributed by atoms with Crippen molar-refractivity contribution in [3.63, 3.8) is 0 Å². The van der Waals surface area contributed by atoms with Gasteiger partial charge in [0.15, 0.2) is 0 Å². The second-order valence-electron chi connectivity index (χ2n) is 4.60. The van der Waals surface area contributed by atoms with Crippen molar-refractivity contribution in [2.75, 3.05) is 5.32 Å². The molecule has 0 aromatic heterocycles. The third-order valence-corrected chi connectivity index (χ3v) is 3.30. The molecule has 0 bridgehead atoms. The zero-order valence-corrected chi connectivity index (χ0v) is 10.2. The molecule has 94 valence electrons. The van der Waals surface area contributed by atoms with E-state index in [1.165, 1.54) is 18.9 Å². The molecule has 1 saturated carbocycles. The number of nitrogens with zero attached hydrogens (tertiary/aromatic N) is 2. The summed E-state index contributed by atoms with van der Waals surface area (Å²) in [6, 6.07) is 6.76. The van der Waals surface area contributed by atoms with Crippen molar-refractivity contribution in [3.8, 4) is 6.07 Å². The number of nitro benzene ring substituents is 1. The van der Waals surface area contributed by atoms with Gasteiger partial charge in [0.2, 0.25) is 0 Å². The number of nitriles is 1. The number of benzene rings is 1. The van der Waals surface area contributed by atoms with Gasteiger partial charge < -0.3 is 5.32 Å². The average molecular weight is 245 g/mol. The number of anilines is 1. The van der Waals surface area contributed by atoms with Crippen LogP contribution in [0.25, 0.3) is 0 Å². The highest BCUT2D eigenvalue weighted by atomic mass is 16.6. The molecule has 1 aromatic carbocycles. The first kappa shape index (κ1) is 12.4. The van der Waals surface area contributed by atoms with Crippen LogP contribution in [0.4, 0.5) is 11.4 Å². The van der Waals surface area contributed by atoms with Crippen LogP contribution in [0.3, 0.4) is 0 Å². The van der Waals surface area contributed by atoms with E-state index in [2.05, 4.69) is 12.2 Å². The van der Waals surface area contributed by atoms with E-state index in [0.29, 0.717) is 17.2 Å². The summed E-state index contributed by atoms with van der Waals surface area (Å²) in [5, 5.41) is 23.0. The van der Waals surface area contributed by atoms with Gasteiger partial charge in [-0.05, 0) is 37.3 Å². The number of hydrogen-bond acceptors (Lipinski definition) is 4. The Morgan fingerprint density at radius 2 is 2.33 bits per heavy atom. The first-order valence-electron chi connectivity index (χ1n) is 6.10. The maximum absolute atomic E-state index is 11.0. The summed E-state index contributed by atoms with van der Waals surface area (Å²) in [7, 11) is 0. The second kappa shape index (κ2) is 5.05. The Morgan fingerprint density at radius 1 is 1.61 bits per heavy atom. The van der Waals surface area contributed by atoms with E-state index in [9.17, 15) is 10.1 Å². The van der Waals surface area contributed by atoms with Gasteiger partial charge in [-0.25, -0.2) is 0 Å². The summed E-state index contributed by atoms with van der Waals surface area (Å²) >= 11 is 0. The average Bonchev–Trinajstić information content (AvgIpc) is 3.20. The fourth-order valence-corrected chi connectivity index (χ4v) is 2.13. The molecule has 5 nitrogen and oxygen atoms in total. The Kier molecular flexibility index (Phi) is 3.47. The lowest BCUT2D eigenvalue weighted by molar-refractivity contribution is -0.384. The van der Waals surface area contributed by atoms with Crippen molar-refractivity contribution in [2.45, 2.75) is 32.2 Å². The highest BCUT2D eigenvalue weighted by Crippen LogP contribution is 2.37. The van der Waals surface area contributed by atoms with Crippen LogP contribution in [0.1, 0.15) is 31.7 Å². The van der Waals surface area contributed by atoms with Gasteiger partial charge in [0.1, 0.15) is 5.69 Å². The summed E-state index contributed by atoms with van der Waals surface area (Å²) < 4.78 is 0. The molecule has 0 heterocycles. The molecule has 1 aromatic rings. The van der Waals surface area contributed by atoms with Crippen LogP contribution in [-0.2, 0) is 0 Å². The van der Waals surface area contributed by atoms with Crippen LogP contribution < -0.4 is 5.32 Å². The summed E-state index contributed by atoms with van der Waals surface area (Å²) in [5.41, 5.74) is 0.803. The van der Waals surface area contributed by atoms with Crippen LogP contribution in [0.2, 0.25) is 0 Å². The summed E-state index contributed by atoms with van der Waals surface area (Å²) in [6.45, 7) is 2.07. The molecule has 1 fully saturated rings. The quantitative estimate of drug-likeness (QED) is 0.638. The van der Waals surface area contributed by atoms with Crippen LogP contribution in [-0.4, -0.2) is 11.0 Å². The SMILES string of the molecule is CCC(Nc1ccc(C#N)cc1[N+](=O)[O-])C1CC1. The topological polar surface area (TPSA) is 79.0 Å². The lowest BCUT2D eigenvalue weighted by Crippen LogP contribution is -2.21. The Bertz CT molecular complexity index is 503.